The van der Waals surface area contributed by atoms with E-state index in [4.69, 9.17) is 14.3 Å². The van der Waals surface area contributed by atoms with Crippen LogP contribution in [-0.4, -0.2) is 22.3 Å². The van der Waals surface area contributed by atoms with Gasteiger partial charge in [0.15, 0.2) is 5.78 Å². The molecule has 0 saturated carbocycles. The van der Waals surface area contributed by atoms with E-state index < -0.39 is 0 Å². The molecule has 131 valence electrons. The van der Waals surface area contributed by atoms with Gasteiger partial charge in [0.1, 0.15) is 0 Å². The van der Waals surface area contributed by atoms with Crippen molar-refractivity contribution in [1.29, 1.82) is 0 Å². The minimum atomic E-state index is 0. The Bertz CT molecular complexity index is 837. The number of carbonyl (C=O) groups excluding carboxylic acids is 1. The van der Waals surface area contributed by atoms with Gasteiger partial charge in [-0.25, -0.2) is 0 Å². The van der Waals surface area contributed by atoms with Crippen molar-refractivity contribution in [3.63, 3.8) is 0 Å². The van der Waals surface area contributed by atoms with Crippen molar-refractivity contribution >= 4 is 12.3 Å². The zero-order chi connectivity index (χ0) is 18.1. The fraction of sp³-hybridized carbons (Fsp3) is 0.100. The van der Waals surface area contributed by atoms with Crippen LogP contribution in [0.2, 0.25) is 0 Å². The summed E-state index contributed by atoms with van der Waals surface area (Å²) in [6, 6.07) is 16.9. The summed E-state index contributed by atoms with van der Waals surface area (Å²) in [5.41, 5.74) is 3.09. The Labute approximate surface area is 232 Å². The van der Waals surface area contributed by atoms with Gasteiger partial charge in [-0.2, -0.15) is 24.6 Å². The standard InChI is InChI=1S/C19H15NO2.CHO2.Rb.Y/c1-14-6-5-9-16(12-14)18(21)11-10-17-13-22-19(20-17)15-7-3-2-4-8-15;2-1-3;;/h2-9,12H,1,10-11H2;(H,2,3);;/q-2;-1;+1;. The summed E-state index contributed by atoms with van der Waals surface area (Å²) in [7, 11) is 0. The summed E-state index contributed by atoms with van der Waals surface area (Å²) >= 11 is 0. The summed E-state index contributed by atoms with van der Waals surface area (Å²) in [5, 5.41) is 6.76. The molecule has 1 N–H and O–H groups in total. The molecule has 1 radical (unpaired) electrons. The Balaban J connectivity index is 0.00000127. The van der Waals surface area contributed by atoms with E-state index in [0.29, 0.717) is 36.5 Å². The fourth-order valence-corrected chi connectivity index (χ4v) is 2.21. The topological polar surface area (TPSA) is 80.4 Å². The van der Waals surface area contributed by atoms with Crippen LogP contribution in [0.3, 0.4) is 0 Å². The number of hydrogen-bond acceptors (Lipinski definition) is 4. The molecule has 0 amide bonds. The molecule has 0 fully saturated rings. The van der Waals surface area contributed by atoms with E-state index in [9.17, 15) is 4.79 Å². The Hall–Kier alpha value is -0.431. The summed E-state index contributed by atoms with van der Waals surface area (Å²) in [6.07, 6.45) is 3.66. The number of hydrogen-bond donors (Lipinski definition) is 1. The van der Waals surface area contributed by atoms with Crippen molar-refractivity contribution in [2.75, 3.05) is 0 Å². The molecular weight excluding hydrogens is 493 g/mol. The number of aromatic nitrogens is 1. The van der Waals surface area contributed by atoms with E-state index in [-0.39, 0.29) is 96.7 Å². The zero-order valence-electron chi connectivity index (χ0n) is 15.0. The van der Waals surface area contributed by atoms with Crippen LogP contribution < -0.4 is 58.2 Å². The van der Waals surface area contributed by atoms with Gasteiger partial charge in [0.05, 0.1) is 5.89 Å². The summed E-state index contributed by atoms with van der Waals surface area (Å²) in [4.78, 5) is 24.8. The van der Waals surface area contributed by atoms with Crippen molar-refractivity contribution in [1.82, 2.24) is 4.98 Å². The van der Waals surface area contributed by atoms with Gasteiger partial charge in [-0.3, -0.25) is 4.79 Å². The molecule has 7 heteroatoms. The fourth-order valence-electron chi connectivity index (χ4n) is 2.21. The molecule has 1 aromatic heterocycles. The summed E-state index contributed by atoms with van der Waals surface area (Å²) < 4.78 is 5.35. The van der Waals surface area contributed by atoms with Crippen LogP contribution in [0.1, 0.15) is 28.0 Å². The Morgan fingerprint density at radius 3 is 2.48 bits per heavy atom. The number of aryl methyl sites for hydroxylation is 1. The second kappa shape index (κ2) is 14.6. The first kappa shape index (κ1) is 26.6. The number of nitrogens with zero attached hydrogens (tertiary/aromatic N) is 1. The van der Waals surface area contributed by atoms with Crippen LogP contribution in [0.4, 0.5) is 0 Å². The summed E-state index contributed by atoms with van der Waals surface area (Å²) in [5.74, 6) is 0.603. The maximum atomic E-state index is 12.1. The second-order valence-corrected chi connectivity index (χ2v) is 5.15. The third-order valence-corrected chi connectivity index (χ3v) is 3.36. The first-order chi connectivity index (χ1) is 12.1. The van der Waals surface area contributed by atoms with Gasteiger partial charge in [-0.1, -0.05) is 49.1 Å². The van der Waals surface area contributed by atoms with Gasteiger partial charge in [0.25, 0.3) is 0 Å². The van der Waals surface area contributed by atoms with Gasteiger partial charge in [-0.15, -0.1) is 6.07 Å². The third-order valence-electron chi connectivity index (χ3n) is 3.36. The molecule has 3 aromatic rings. The van der Waals surface area contributed by atoms with Gasteiger partial charge in [0.2, 0.25) is 0 Å². The van der Waals surface area contributed by atoms with E-state index in [0.717, 1.165) is 11.1 Å². The first-order valence-corrected chi connectivity index (χ1v) is 7.53. The molecule has 1 heterocycles. The van der Waals surface area contributed by atoms with Gasteiger partial charge in [-0.05, 0) is 23.2 Å². The minimum Gasteiger partial charge on any atom is -0.665 e. The van der Waals surface area contributed by atoms with Crippen LogP contribution in [0.25, 0.3) is 11.5 Å². The first-order valence-electron chi connectivity index (χ1n) is 7.53. The average molecular weight is 509 g/mol. The summed E-state index contributed by atoms with van der Waals surface area (Å²) in [6.45, 7) is 4.33. The zero-order valence-corrected chi connectivity index (χ0v) is 22.8. The van der Waals surface area contributed by atoms with E-state index in [1.54, 1.807) is 12.1 Å². The smallest absolute Gasteiger partial charge is 0.665 e. The molecular formula is C20H16NO4RbY-2. The number of ketones is 1. The van der Waals surface area contributed by atoms with Crippen LogP contribution in [0, 0.1) is 13.2 Å². The molecule has 0 aliphatic rings. The van der Waals surface area contributed by atoms with Crippen LogP contribution >= 0.6 is 0 Å². The normalized spacial score (nSPS) is 9.04. The molecule has 0 aliphatic heterocycles. The van der Waals surface area contributed by atoms with Crippen molar-refractivity contribution in [2.45, 2.75) is 12.8 Å². The van der Waals surface area contributed by atoms with Crippen molar-refractivity contribution in [3.05, 3.63) is 84.6 Å². The number of aliphatic hydroxyl groups excluding tert-OH is 1. The Morgan fingerprint density at radius 2 is 1.85 bits per heavy atom. The van der Waals surface area contributed by atoms with Gasteiger partial charge in [0, 0.05) is 39.1 Å². The monoisotopic (exact) mass is 508 g/mol. The predicted molar refractivity (Wildman–Crippen MR) is 92.6 cm³/mol. The molecule has 27 heavy (non-hydrogen) atoms. The molecule has 0 spiro atoms. The Morgan fingerprint density at radius 1 is 1.19 bits per heavy atom. The van der Waals surface area contributed by atoms with Crippen molar-refractivity contribution < 1.29 is 110 Å². The number of carbonyl (C=O) groups is 1. The molecule has 3 rings (SSSR count). The molecule has 0 atom stereocenters. The largest absolute Gasteiger partial charge is 1.00 e. The predicted octanol–water partition coefficient (Wildman–Crippen LogP) is 0.753. The molecule has 0 aliphatic carbocycles. The number of oxazole rings is 1. The molecule has 0 saturated heterocycles. The SMILES string of the molecule is O=[C-]O.[CH2-]c1cccc(C(=O)CCc2[c-]oc(-c3ccccc3)n2)c1.[Rb+].[Y]. The molecule has 0 bridgehead atoms. The maximum Gasteiger partial charge on any atom is 1.00 e. The minimum absolute atomic E-state index is 0. The van der Waals surface area contributed by atoms with Gasteiger partial charge >= 0.3 is 58.2 Å². The van der Waals surface area contributed by atoms with Crippen molar-refractivity contribution in [3.8, 4) is 11.5 Å². The molecule has 0 unspecified atom stereocenters. The Kier molecular flexibility index (Phi) is 14.3. The van der Waals surface area contributed by atoms with Crippen LogP contribution in [-0.2, 0) is 43.9 Å². The van der Waals surface area contributed by atoms with E-state index >= 15 is 0 Å². The van der Waals surface area contributed by atoms with Crippen LogP contribution in [0.5, 0.6) is 0 Å². The number of Topliss-reactive ketones (excluding diaryl/α,β-unsaturated/α-hetero) is 1. The molecule has 5 nitrogen and oxygen atoms in total. The number of benzene rings is 2. The third kappa shape index (κ3) is 9.07. The maximum absolute atomic E-state index is 12.1. The van der Waals surface area contributed by atoms with Crippen molar-refractivity contribution in [2.24, 2.45) is 0 Å². The van der Waals surface area contributed by atoms with E-state index in [1.807, 2.05) is 42.5 Å². The van der Waals surface area contributed by atoms with Crippen LogP contribution in [0.15, 0.2) is 59.0 Å². The second-order valence-electron chi connectivity index (χ2n) is 5.15. The van der Waals surface area contributed by atoms with E-state index in [1.165, 1.54) is 0 Å². The van der Waals surface area contributed by atoms with Gasteiger partial charge < -0.3 is 19.3 Å². The quantitative estimate of drug-likeness (QED) is 0.407. The molecule has 2 aromatic carbocycles. The van der Waals surface area contributed by atoms with E-state index in [2.05, 4.69) is 18.2 Å². The average Bonchev–Trinajstić information content (AvgIpc) is 3.10. The number of rotatable bonds is 5.